The molecule has 1 N–H and O–H groups in total. The summed E-state index contributed by atoms with van der Waals surface area (Å²) >= 11 is 6.02. The number of ether oxygens (including phenoxy) is 1. The molecular formula is C15H14ClF2N5O. The number of imidazole rings is 1. The molecule has 2 aromatic heterocycles. The Hall–Kier alpha value is -2.19. The number of alkyl halides is 2. The number of rotatable bonds is 3. The fourth-order valence-corrected chi connectivity index (χ4v) is 3.00. The summed E-state index contributed by atoms with van der Waals surface area (Å²) in [5.74, 6) is 0.776. The van der Waals surface area contributed by atoms with E-state index in [0.717, 1.165) is 0 Å². The Balaban J connectivity index is 1.82. The number of nitrogens with one attached hydrogen (secondary N) is 1. The number of aromatic amines is 1. The van der Waals surface area contributed by atoms with E-state index in [1.54, 1.807) is 24.3 Å². The molecule has 9 heteroatoms. The fraction of sp³-hybridized carbons (Fsp3) is 0.333. The number of H-pyrrole nitrogens is 1. The molecule has 1 aliphatic heterocycles. The van der Waals surface area contributed by atoms with Gasteiger partial charge >= 0.3 is 0 Å². The van der Waals surface area contributed by atoms with Gasteiger partial charge in [-0.25, -0.2) is 13.8 Å². The molecule has 0 saturated carbocycles. The normalized spacial score (nSPS) is 15.6. The predicted octanol–water partition coefficient (Wildman–Crippen LogP) is 3.18. The molecule has 0 amide bonds. The first kappa shape index (κ1) is 15.3. The summed E-state index contributed by atoms with van der Waals surface area (Å²) in [7, 11) is 0. The van der Waals surface area contributed by atoms with E-state index in [1.165, 1.54) is 4.57 Å². The van der Waals surface area contributed by atoms with Crippen LogP contribution in [-0.2, 0) is 4.74 Å². The SMILES string of the molecule is FC(F)c1nc2ccc(Cl)cc2n1-c1cc(N2CCOCC2)n[nH]1. The average Bonchev–Trinajstić information content (AvgIpc) is 3.19. The topological polar surface area (TPSA) is 59.0 Å². The standard InChI is InChI=1S/C15H14ClF2N5O/c16-9-1-2-10-11(7-9)23(15(19-10)14(17)18)13-8-12(20-21-13)22-3-5-24-6-4-22/h1-2,7-8,14H,3-6H2,(H,20,21). The molecule has 0 atom stereocenters. The van der Waals surface area contributed by atoms with Gasteiger partial charge in [0.1, 0.15) is 5.82 Å². The van der Waals surface area contributed by atoms with E-state index in [9.17, 15) is 8.78 Å². The molecule has 3 aromatic rings. The molecule has 6 nitrogen and oxygen atoms in total. The van der Waals surface area contributed by atoms with E-state index in [1.807, 2.05) is 4.90 Å². The second-order valence-corrected chi connectivity index (χ2v) is 5.89. The molecule has 0 unspecified atom stereocenters. The average molecular weight is 354 g/mol. The van der Waals surface area contributed by atoms with Gasteiger partial charge in [0.15, 0.2) is 11.6 Å². The third-order valence-electron chi connectivity index (χ3n) is 3.96. The molecule has 1 fully saturated rings. The summed E-state index contributed by atoms with van der Waals surface area (Å²) in [5, 5.41) is 7.53. The van der Waals surface area contributed by atoms with Crippen molar-refractivity contribution in [1.29, 1.82) is 0 Å². The van der Waals surface area contributed by atoms with E-state index in [4.69, 9.17) is 16.3 Å². The number of halogens is 3. The smallest absolute Gasteiger partial charge is 0.296 e. The maximum Gasteiger partial charge on any atom is 0.296 e. The van der Waals surface area contributed by atoms with Crippen LogP contribution in [-0.4, -0.2) is 46.1 Å². The molecule has 0 radical (unpaired) electrons. The molecule has 1 aliphatic rings. The molecule has 24 heavy (non-hydrogen) atoms. The molecule has 0 aliphatic carbocycles. The van der Waals surface area contributed by atoms with E-state index >= 15 is 0 Å². The molecular weight excluding hydrogens is 340 g/mol. The molecule has 4 rings (SSSR count). The zero-order valence-electron chi connectivity index (χ0n) is 12.5. The van der Waals surface area contributed by atoms with Gasteiger partial charge in [0, 0.05) is 24.2 Å². The molecule has 0 spiro atoms. The molecule has 1 aromatic carbocycles. The number of morpholine rings is 1. The number of benzene rings is 1. The highest BCUT2D eigenvalue weighted by Gasteiger charge is 2.22. The van der Waals surface area contributed by atoms with Crippen LogP contribution in [0.3, 0.4) is 0 Å². The van der Waals surface area contributed by atoms with Gasteiger partial charge in [-0.05, 0) is 18.2 Å². The molecule has 3 heterocycles. The van der Waals surface area contributed by atoms with Gasteiger partial charge in [-0.15, -0.1) is 0 Å². The summed E-state index contributed by atoms with van der Waals surface area (Å²) in [6.45, 7) is 2.66. The summed E-state index contributed by atoms with van der Waals surface area (Å²) in [6, 6.07) is 6.60. The number of fused-ring (bicyclic) bond motifs is 1. The Morgan fingerprint density at radius 1 is 1.21 bits per heavy atom. The quantitative estimate of drug-likeness (QED) is 0.785. The van der Waals surface area contributed by atoms with E-state index in [0.29, 0.717) is 54.0 Å². The summed E-state index contributed by atoms with van der Waals surface area (Å²) < 4.78 is 33.5. The number of nitrogens with zero attached hydrogens (tertiary/aromatic N) is 4. The summed E-state index contributed by atoms with van der Waals surface area (Å²) in [4.78, 5) is 6.06. The van der Waals surface area contributed by atoms with Gasteiger partial charge in [-0.3, -0.25) is 9.67 Å². The zero-order valence-corrected chi connectivity index (χ0v) is 13.3. The third-order valence-corrected chi connectivity index (χ3v) is 4.20. The van der Waals surface area contributed by atoms with Crippen molar-refractivity contribution in [2.24, 2.45) is 0 Å². The van der Waals surface area contributed by atoms with Crippen LogP contribution in [0.15, 0.2) is 24.3 Å². The third kappa shape index (κ3) is 2.61. The van der Waals surface area contributed by atoms with Crippen LogP contribution in [0.2, 0.25) is 5.02 Å². The van der Waals surface area contributed by atoms with E-state index < -0.39 is 6.43 Å². The number of hydrogen-bond donors (Lipinski definition) is 1. The number of hydrogen-bond acceptors (Lipinski definition) is 4. The molecule has 0 bridgehead atoms. The van der Waals surface area contributed by atoms with Crippen molar-refractivity contribution in [3.8, 4) is 5.82 Å². The Kier molecular flexibility index (Phi) is 3.85. The van der Waals surface area contributed by atoms with Gasteiger partial charge < -0.3 is 9.64 Å². The Bertz CT molecular complexity index is 872. The highest BCUT2D eigenvalue weighted by molar-refractivity contribution is 6.31. The second kappa shape index (κ2) is 6.03. The van der Waals surface area contributed by atoms with Crippen LogP contribution in [0.25, 0.3) is 16.9 Å². The lowest BCUT2D eigenvalue weighted by molar-refractivity contribution is 0.122. The van der Waals surface area contributed by atoms with Gasteiger partial charge in [0.05, 0.1) is 24.2 Å². The predicted molar refractivity (Wildman–Crippen MR) is 86.2 cm³/mol. The van der Waals surface area contributed by atoms with Crippen molar-refractivity contribution in [1.82, 2.24) is 19.7 Å². The minimum absolute atomic E-state index is 0.343. The van der Waals surface area contributed by atoms with Crippen molar-refractivity contribution in [3.05, 3.63) is 35.1 Å². The molecule has 1 saturated heterocycles. The van der Waals surface area contributed by atoms with E-state index in [2.05, 4.69) is 15.2 Å². The van der Waals surface area contributed by atoms with Gasteiger partial charge in [0.25, 0.3) is 6.43 Å². The van der Waals surface area contributed by atoms with E-state index in [-0.39, 0.29) is 5.82 Å². The van der Waals surface area contributed by atoms with Crippen molar-refractivity contribution in [2.45, 2.75) is 6.43 Å². The highest BCUT2D eigenvalue weighted by atomic mass is 35.5. The maximum atomic E-state index is 13.4. The van der Waals surface area contributed by atoms with Crippen LogP contribution in [0.5, 0.6) is 0 Å². The summed E-state index contributed by atoms with van der Waals surface area (Å²) in [5.41, 5.74) is 0.965. The lowest BCUT2D eigenvalue weighted by Gasteiger charge is -2.26. The first-order chi connectivity index (χ1) is 11.6. The molecule has 126 valence electrons. The highest BCUT2D eigenvalue weighted by Crippen LogP contribution is 2.30. The Labute approximate surface area is 141 Å². The maximum absolute atomic E-state index is 13.4. The number of aromatic nitrogens is 4. The fourth-order valence-electron chi connectivity index (χ4n) is 2.84. The summed E-state index contributed by atoms with van der Waals surface area (Å²) in [6.07, 6.45) is -2.72. The first-order valence-electron chi connectivity index (χ1n) is 7.48. The largest absolute Gasteiger partial charge is 0.378 e. The van der Waals surface area contributed by atoms with Crippen molar-refractivity contribution in [2.75, 3.05) is 31.2 Å². The zero-order chi connectivity index (χ0) is 16.7. The van der Waals surface area contributed by atoms with Crippen molar-refractivity contribution >= 4 is 28.5 Å². The first-order valence-corrected chi connectivity index (χ1v) is 7.86. The van der Waals surface area contributed by atoms with Gasteiger partial charge in [-0.1, -0.05) is 11.6 Å². The minimum atomic E-state index is -2.72. The van der Waals surface area contributed by atoms with Gasteiger partial charge in [0.2, 0.25) is 0 Å². The van der Waals surface area contributed by atoms with Crippen LogP contribution in [0.4, 0.5) is 14.6 Å². The van der Waals surface area contributed by atoms with Crippen LogP contribution >= 0.6 is 11.6 Å². The second-order valence-electron chi connectivity index (χ2n) is 5.45. The monoisotopic (exact) mass is 353 g/mol. The van der Waals surface area contributed by atoms with Crippen LogP contribution < -0.4 is 4.90 Å². The Morgan fingerprint density at radius 2 is 2.00 bits per heavy atom. The lowest BCUT2D eigenvalue weighted by Crippen LogP contribution is -2.36. The lowest BCUT2D eigenvalue weighted by atomic mass is 10.3. The van der Waals surface area contributed by atoms with Crippen molar-refractivity contribution in [3.63, 3.8) is 0 Å². The Morgan fingerprint density at radius 3 is 2.75 bits per heavy atom. The van der Waals surface area contributed by atoms with Crippen LogP contribution in [0.1, 0.15) is 12.2 Å². The van der Waals surface area contributed by atoms with Crippen molar-refractivity contribution < 1.29 is 13.5 Å². The number of anilines is 1. The van der Waals surface area contributed by atoms with Crippen LogP contribution in [0, 0.1) is 0 Å². The minimum Gasteiger partial charge on any atom is -0.378 e. The van der Waals surface area contributed by atoms with Gasteiger partial charge in [-0.2, -0.15) is 5.10 Å².